The fourth-order valence-electron chi connectivity index (χ4n) is 2.50. The third-order valence-electron chi connectivity index (χ3n) is 3.74. The summed E-state index contributed by atoms with van der Waals surface area (Å²) in [5.74, 6) is -1.66. The first-order valence-electron chi connectivity index (χ1n) is 8.44. The number of carbonyl (C=O) groups excluding carboxylic acids is 1. The molecule has 2 rings (SSSR count). The number of benzene rings is 1. The summed E-state index contributed by atoms with van der Waals surface area (Å²) in [5.41, 5.74) is 0.792. The number of pyridine rings is 1. The van der Waals surface area contributed by atoms with Gasteiger partial charge in [-0.25, -0.2) is 14.9 Å². The van der Waals surface area contributed by atoms with Crippen LogP contribution in [0.3, 0.4) is 0 Å². The van der Waals surface area contributed by atoms with Crippen molar-refractivity contribution in [2.45, 2.75) is 25.8 Å². The Hall–Kier alpha value is -1.35. The molecule has 0 aliphatic heterocycles. The van der Waals surface area contributed by atoms with Crippen molar-refractivity contribution in [1.29, 1.82) is 0 Å². The van der Waals surface area contributed by atoms with Crippen LogP contribution < -0.4 is 48.1 Å². The van der Waals surface area contributed by atoms with Crippen LogP contribution in [0.5, 0.6) is 0 Å². The van der Waals surface area contributed by atoms with Gasteiger partial charge in [0.1, 0.15) is 5.82 Å². The van der Waals surface area contributed by atoms with Crippen LogP contribution in [-0.4, -0.2) is 39.1 Å². The smallest absolute Gasteiger partial charge is 0.478 e. The fraction of sp³-hybridized carbons (Fsp3) is 0.278. The van der Waals surface area contributed by atoms with Crippen molar-refractivity contribution in [2.24, 2.45) is 0 Å². The van der Waals surface area contributed by atoms with Crippen LogP contribution in [-0.2, 0) is 15.8 Å². The summed E-state index contributed by atoms with van der Waals surface area (Å²) >= 11 is 0. The molecule has 1 aromatic heterocycles. The van der Waals surface area contributed by atoms with Gasteiger partial charge in [0.2, 0.25) is 5.91 Å². The van der Waals surface area contributed by atoms with Gasteiger partial charge in [-0.3, -0.25) is 9.36 Å². The van der Waals surface area contributed by atoms with Crippen molar-refractivity contribution in [2.75, 3.05) is 11.5 Å². The summed E-state index contributed by atoms with van der Waals surface area (Å²) in [7, 11) is -3.69. The zero-order chi connectivity index (χ0) is 19.9. The van der Waals surface area contributed by atoms with Crippen molar-refractivity contribution in [3.8, 4) is 0 Å². The van der Waals surface area contributed by atoms with Gasteiger partial charge >= 0.3 is 43.7 Å². The first-order chi connectivity index (χ1) is 12.8. The van der Waals surface area contributed by atoms with Crippen LogP contribution in [0.1, 0.15) is 29.3 Å². The van der Waals surface area contributed by atoms with Crippen molar-refractivity contribution in [3.63, 3.8) is 0 Å². The summed E-state index contributed by atoms with van der Waals surface area (Å²) in [6.45, 7) is 1.78. The number of nitrogens with one attached hydrogen (secondary N) is 2. The maximum atomic E-state index is 12.7. The molecular formula is C18H22Li2N3O5P+2. The van der Waals surface area contributed by atoms with E-state index < -0.39 is 25.4 Å². The van der Waals surface area contributed by atoms with Crippen LogP contribution in [0, 0.1) is 0 Å². The molecule has 2 atom stereocenters. The van der Waals surface area contributed by atoms with Gasteiger partial charge in [0.05, 0.1) is 11.6 Å². The summed E-state index contributed by atoms with van der Waals surface area (Å²) < 4.78 is 12.3. The van der Waals surface area contributed by atoms with E-state index in [4.69, 9.17) is 5.11 Å². The van der Waals surface area contributed by atoms with Crippen molar-refractivity contribution >= 4 is 25.2 Å². The van der Waals surface area contributed by atoms with E-state index in [1.807, 2.05) is 30.3 Å². The Labute approximate surface area is 193 Å². The van der Waals surface area contributed by atoms with Crippen molar-refractivity contribution in [3.05, 3.63) is 59.8 Å². The van der Waals surface area contributed by atoms with Crippen LogP contribution in [0.4, 0.5) is 5.82 Å². The predicted molar refractivity (Wildman–Crippen MR) is 102 cm³/mol. The molecule has 0 spiro atoms. The van der Waals surface area contributed by atoms with Gasteiger partial charge in [-0.1, -0.05) is 37.3 Å². The summed E-state index contributed by atoms with van der Waals surface area (Å²) in [5, 5.41) is 14.1. The Morgan fingerprint density at radius 1 is 1.17 bits per heavy atom. The molecule has 0 saturated heterocycles. The van der Waals surface area contributed by atoms with E-state index >= 15 is 0 Å². The molecule has 0 aliphatic carbocycles. The largest absolute Gasteiger partial charge is 1.00 e. The van der Waals surface area contributed by atoms with Gasteiger partial charge in [-0.15, -0.1) is 0 Å². The van der Waals surface area contributed by atoms with Crippen LogP contribution in [0.2, 0.25) is 0 Å². The van der Waals surface area contributed by atoms with Crippen LogP contribution in [0.25, 0.3) is 0 Å². The first kappa shape index (κ1) is 27.7. The van der Waals surface area contributed by atoms with Crippen molar-refractivity contribution < 1.29 is 61.9 Å². The fourth-order valence-corrected chi connectivity index (χ4v) is 3.93. The molecule has 0 radical (unpaired) electrons. The van der Waals surface area contributed by atoms with E-state index in [2.05, 4.69) is 15.4 Å². The number of carboxylic acid groups (broad SMARTS) is 1. The molecule has 8 nitrogen and oxygen atoms in total. The third-order valence-corrected chi connectivity index (χ3v) is 5.51. The van der Waals surface area contributed by atoms with Crippen molar-refractivity contribution in [1.82, 2.24) is 10.1 Å². The topological polar surface area (TPSA) is 129 Å². The van der Waals surface area contributed by atoms with E-state index in [9.17, 15) is 19.0 Å². The van der Waals surface area contributed by atoms with Gasteiger partial charge in [-0.2, -0.15) is 0 Å². The number of anilines is 1. The number of carboxylic acids is 1. The molecule has 11 heteroatoms. The summed E-state index contributed by atoms with van der Waals surface area (Å²) in [6, 6.07) is 10.6. The van der Waals surface area contributed by atoms with E-state index in [1.54, 1.807) is 6.92 Å². The Morgan fingerprint density at radius 3 is 2.41 bits per heavy atom. The average molecular weight is 405 g/mol. The van der Waals surface area contributed by atoms with Gasteiger partial charge in [0.15, 0.2) is 0 Å². The van der Waals surface area contributed by atoms with E-state index in [-0.39, 0.29) is 61.7 Å². The summed E-state index contributed by atoms with van der Waals surface area (Å²) in [4.78, 5) is 37.7. The Bertz CT molecular complexity index is 854. The standard InChI is InChI=1S/C18H22N3O5P.2Li/c1-2-10-27(25,26)21-15(11-13-6-4-3-5-7-13)17(22)20-16-12-14(18(23)24)8-9-19-16;;/h3-9,12,15H,2,10-11H2,1H3,(H,23,24)(H,19,20,22)(H2,21,25,26);;/q;2*+1/t15-;;/m0../s1. The number of carbonyl (C=O) groups is 2. The molecule has 29 heavy (non-hydrogen) atoms. The molecule has 1 unspecified atom stereocenters. The molecule has 1 heterocycles. The van der Waals surface area contributed by atoms with Gasteiger partial charge < -0.3 is 15.3 Å². The minimum Gasteiger partial charge on any atom is -0.478 e. The van der Waals surface area contributed by atoms with E-state index in [0.29, 0.717) is 6.42 Å². The second kappa shape index (κ2) is 13.1. The molecule has 144 valence electrons. The van der Waals surface area contributed by atoms with Gasteiger partial charge in [0.25, 0.3) is 7.52 Å². The number of hydrogen-bond donors (Lipinski definition) is 4. The number of amides is 1. The predicted octanol–water partition coefficient (Wildman–Crippen LogP) is -3.48. The molecule has 1 aromatic carbocycles. The Morgan fingerprint density at radius 2 is 1.83 bits per heavy atom. The zero-order valence-electron chi connectivity index (χ0n) is 16.8. The molecule has 0 fully saturated rings. The zero-order valence-corrected chi connectivity index (χ0v) is 17.7. The van der Waals surface area contributed by atoms with Gasteiger partial charge in [-0.05, 0) is 30.5 Å². The monoisotopic (exact) mass is 405 g/mol. The quantitative estimate of drug-likeness (QED) is 0.252. The maximum absolute atomic E-state index is 12.7. The minimum atomic E-state index is -3.69. The number of aromatic nitrogens is 1. The Balaban J connectivity index is 0.00000392. The molecule has 1 amide bonds. The van der Waals surface area contributed by atoms with E-state index in [0.717, 1.165) is 5.56 Å². The second-order valence-corrected chi connectivity index (χ2v) is 8.13. The second-order valence-electron chi connectivity index (χ2n) is 6.02. The van der Waals surface area contributed by atoms with Crippen LogP contribution >= 0.6 is 7.52 Å². The van der Waals surface area contributed by atoms with E-state index in [1.165, 1.54) is 18.3 Å². The number of hydrogen-bond acceptors (Lipinski definition) is 4. The molecule has 0 saturated carbocycles. The Kier molecular flexibility index (Phi) is 12.5. The first-order valence-corrected chi connectivity index (χ1v) is 10.3. The van der Waals surface area contributed by atoms with Crippen LogP contribution in [0.15, 0.2) is 48.7 Å². The van der Waals surface area contributed by atoms with Gasteiger partial charge in [0, 0.05) is 12.4 Å². The number of aromatic carboxylic acids is 1. The minimum absolute atomic E-state index is 0. The number of nitrogens with zero attached hydrogens (tertiary/aromatic N) is 1. The average Bonchev–Trinajstić information content (AvgIpc) is 2.62. The normalized spacial score (nSPS) is 13.2. The molecule has 4 N–H and O–H groups in total. The number of rotatable bonds is 9. The molecule has 0 aliphatic rings. The molecular weight excluding hydrogens is 383 g/mol. The maximum Gasteiger partial charge on any atom is 1.00 e. The third kappa shape index (κ3) is 9.34. The molecule has 0 bridgehead atoms. The summed E-state index contributed by atoms with van der Waals surface area (Å²) in [6.07, 6.45) is 1.99. The molecule has 2 aromatic rings. The SMILES string of the molecule is CCCP(=O)(O)N[C@@H](Cc1ccccc1)C(=O)Nc1cc(C(=O)O)ccn1.[Li+].[Li+].